The van der Waals surface area contributed by atoms with Gasteiger partial charge in [-0.3, -0.25) is 0 Å². The van der Waals surface area contributed by atoms with E-state index in [-0.39, 0.29) is 0 Å². The molecule has 2 heteroatoms. The van der Waals surface area contributed by atoms with Gasteiger partial charge in [-0.2, -0.15) is 0 Å². The zero-order valence-corrected chi connectivity index (χ0v) is 9.63. The Morgan fingerprint density at radius 1 is 1.00 bits per heavy atom. The second-order valence-corrected chi connectivity index (χ2v) is 5.36. The van der Waals surface area contributed by atoms with Crippen LogP contribution in [0.2, 0.25) is 0 Å². The first-order valence-corrected chi connectivity index (χ1v) is 6.18. The van der Waals surface area contributed by atoms with E-state index in [1.54, 1.807) is 0 Å². The third kappa shape index (κ3) is 2.71. The number of rotatable bonds is 2. The van der Waals surface area contributed by atoms with Crippen molar-refractivity contribution in [1.82, 2.24) is 10.2 Å². The topological polar surface area (TPSA) is 15.3 Å². The van der Waals surface area contributed by atoms with Crippen LogP contribution in [-0.4, -0.2) is 37.1 Å². The second kappa shape index (κ2) is 4.63. The Kier molecular flexibility index (Phi) is 3.45. The molecule has 2 atom stereocenters. The summed E-state index contributed by atoms with van der Waals surface area (Å²) in [6, 6.07) is 1.64. The van der Waals surface area contributed by atoms with E-state index in [1.807, 2.05) is 0 Å². The summed E-state index contributed by atoms with van der Waals surface area (Å²) in [5.74, 6) is 0.957. The summed E-state index contributed by atoms with van der Waals surface area (Å²) in [5.41, 5.74) is 0. The summed E-state index contributed by atoms with van der Waals surface area (Å²) in [5, 5.41) is 3.84. The highest BCUT2D eigenvalue weighted by atomic mass is 15.1. The van der Waals surface area contributed by atoms with Crippen molar-refractivity contribution in [3.8, 4) is 0 Å². The third-order valence-electron chi connectivity index (χ3n) is 3.88. The molecule has 0 unspecified atom stereocenters. The van der Waals surface area contributed by atoms with Crippen molar-refractivity contribution in [2.75, 3.05) is 20.1 Å². The normalized spacial score (nSPS) is 36.4. The van der Waals surface area contributed by atoms with E-state index in [0.29, 0.717) is 0 Å². The average Bonchev–Trinajstić information content (AvgIpc) is 2.56. The summed E-state index contributed by atoms with van der Waals surface area (Å²) in [7, 11) is 2.23. The van der Waals surface area contributed by atoms with Crippen LogP contribution >= 0.6 is 0 Å². The molecule has 1 N–H and O–H groups in total. The lowest BCUT2D eigenvalue weighted by Crippen LogP contribution is -2.44. The zero-order chi connectivity index (χ0) is 9.97. The standard InChI is InChI=1S/C12H24N2/c1-10-3-4-12(9-10)13-11-5-7-14(2)8-6-11/h10-13H,3-9H2,1-2H3/t10-,12+/m0/s1. The predicted octanol–water partition coefficient (Wildman–Crippen LogP) is 1.86. The monoisotopic (exact) mass is 196 g/mol. The van der Waals surface area contributed by atoms with Gasteiger partial charge >= 0.3 is 0 Å². The molecule has 2 aliphatic rings. The van der Waals surface area contributed by atoms with Gasteiger partial charge in [0.15, 0.2) is 0 Å². The number of hydrogen-bond acceptors (Lipinski definition) is 2. The van der Waals surface area contributed by atoms with Crippen LogP contribution in [0.5, 0.6) is 0 Å². The van der Waals surface area contributed by atoms with Crippen molar-refractivity contribution >= 4 is 0 Å². The van der Waals surface area contributed by atoms with Crippen molar-refractivity contribution in [2.24, 2.45) is 5.92 Å². The lowest BCUT2D eigenvalue weighted by atomic mass is 10.0. The van der Waals surface area contributed by atoms with E-state index in [2.05, 4.69) is 24.2 Å². The molecule has 2 rings (SSSR count). The van der Waals surface area contributed by atoms with Gasteiger partial charge in [-0.15, -0.1) is 0 Å². The van der Waals surface area contributed by atoms with Crippen LogP contribution in [0.25, 0.3) is 0 Å². The number of piperidine rings is 1. The Bertz CT molecular complexity index is 173. The maximum absolute atomic E-state index is 3.84. The Labute approximate surface area is 88.1 Å². The zero-order valence-electron chi connectivity index (χ0n) is 9.63. The van der Waals surface area contributed by atoms with E-state index in [1.165, 1.54) is 45.2 Å². The Balaban J connectivity index is 1.70. The molecule has 0 aromatic rings. The van der Waals surface area contributed by atoms with Gasteiger partial charge in [-0.25, -0.2) is 0 Å². The number of nitrogens with zero attached hydrogens (tertiary/aromatic N) is 1. The lowest BCUT2D eigenvalue weighted by Gasteiger charge is -2.31. The molecule has 0 radical (unpaired) electrons. The molecule has 2 fully saturated rings. The van der Waals surface area contributed by atoms with E-state index in [9.17, 15) is 0 Å². The van der Waals surface area contributed by atoms with Crippen molar-refractivity contribution in [3.05, 3.63) is 0 Å². The largest absolute Gasteiger partial charge is 0.311 e. The van der Waals surface area contributed by atoms with E-state index < -0.39 is 0 Å². The van der Waals surface area contributed by atoms with Crippen molar-refractivity contribution in [2.45, 2.75) is 51.1 Å². The smallest absolute Gasteiger partial charge is 0.00939 e. The molecule has 0 aromatic heterocycles. The van der Waals surface area contributed by atoms with Crippen LogP contribution in [0.1, 0.15) is 39.0 Å². The molecule has 0 aromatic carbocycles. The Morgan fingerprint density at radius 3 is 2.29 bits per heavy atom. The minimum absolute atomic E-state index is 0.807. The molecular weight excluding hydrogens is 172 g/mol. The van der Waals surface area contributed by atoms with E-state index in [0.717, 1.165) is 18.0 Å². The molecule has 82 valence electrons. The van der Waals surface area contributed by atoms with Crippen LogP contribution in [0.15, 0.2) is 0 Å². The maximum Gasteiger partial charge on any atom is 0.00939 e. The number of likely N-dealkylation sites (tertiary alicyclic amines) is 1. The van der Waals surface area contributed by atoms with Gasteiger partial charge in [0, 0.05) is 12.1 Å². The second-order valence-electron chi connectivity index (χ2n) is 5.36. The number of hydrogen-bond donors (Lipinski definition) is 1. The summed E-state index contributed by atoms with van der Waals surface area (Å²) in [6.07, 6.45) is 6.95. The molecule has 2 nitrogen and oxygen atoms in total. The highest BCUT2D eigenvalue weighted by Crippen LogP contribution is 2.25. The third-order valence-corrected chi connectivity index (χ3v) is 3.88. The fourth-order valence-corrected chi connectivity index (χ4v) is 2.87. The van der Waals surface area contributed by atoms with Crippen LogP contribution in [0.3, 0.4) is 0 Å². The quantitative estimate of drug-likeness (QED) is 0.725. The van der Waals surface area contributed by atoms with Gasteiger partial charge in [0.05, 0.1) is 0 Å². The Hall–Kier alpha value is -0.0800. The fourth-order valence-electron chi connectivity index (χ4n) is 2.87. The summed E-state index contributed by atoms with van der Waals surface area (Å²) in [6.45, 7) is 4.94. The molecular formula is C12H24N2. The molecule has 0 spiro atoms. The predicted molar refractivity (Wildman–Crippen MR) is 60.5 cm³/mol. The molecule has 1 saturated carbocycles. The van der Waals surface area contributed by atoms with E-state index >= 15 is 0 Å². The van der Waals surface area contributed by atoms with Gasteiger partial charge in [0.1, 0.15) is 0 Å². The molecule has 1 aliphatic carbocycles. The molecule has 1 aliphatic heterocycles. The van der Waals surface area contributed by atoms with Crippen molar-refractivity contribution < 1.29 is 0 Å². The van der Waals surface area contributed by atoms with Gasteiger partial charge < -0.3 is 10.2 Å². The molecule has 14 heavy (non-hydrogen) atoms. The fraction of sp³-hybridized carbons (Fsp3) is 1.00. The first-order valence-electron chi connectivity index (χ1n) is 6.18. The summed E-state index contributed by atoms with van der Waals surface area (Å²) >= 11 is 0. The number of nitrogens with one attached hydrogen (secondary N) is 1. The summed E-state index contributed by atoms with van der Waals surface area (Å²) < 4.78 is 0. The minimum atomic E-state index is 0.807. The molecule has 0 bridgehead atoms. The van der Waals surface area contributed by atoms with Gasteiger partial charge in [0.2, 0.25) is 0 Å². The molecule has 1 heterocycles. The summed E-state index contributed by atoms with van der Waals surface area (Å²) in [4.78, 5) is 2.44. The van der Waals surface area contributed by atoms with E-state index in [4.69, 9.17) is 0 Å². The van der Waals surface area contributed by atoms with Crippen LogP contribution in [0.4, 0.5) is 0 Å². The Morgan fingerprint density at radius 2 is 1.71 bits per heavy atom. The lowest BCUT2D eigenvalue weighted by molar-refractivity contribution is 0.224. The SMILES string of the molecule is C[C@H]1CC[C@@H](NC2CCN(C)CC2)C1. The van der Waals surface area contributed by atoms with Crippen LogP contribution < -0.4 is 5.32 Å². The highest BCUT2D eigenvalue weighted by molar-refractivity contribution is 4.84. The minimum Gasteiger partial charge on any atom is -0.311 e. The average molecular weight is 196 g/mol. The van der Waals surface area contributed by atoms with Crippen LogP contribution in [-0.2, 0) is 0 Å². The van der Waals surface area contributed by atoms with Crippen molar-refractivity contribution in [1.29, 1.82) is 0 Å². The van der Waals surface area contributed by atoms with Crippen molar-refractivity contribution in [3.63, 3.8) is 0 Å². The first kappa shape index (κ1) is 10.4. The van der Waals surface area contributed by atoms with Gasteiger partial charge in [-0.1, -0.05) is 6.92 Å². The molecule has 0 amide bonds. The van der Waals surface area contributed by atoms with Crippen LogP contribution in [0, 0.1) is 5.92 Å². The first-order chi connectivity index (χ1) is 6.74. The van der Waals surface area contributed by atoms with Gasteiger partial charge in [-0.05, 0) is 58.2 Å². The maximum atomic E-state index is 3.84. The molecule has 1 saturated heterocycles. The van der Waals surface area contributed by atoms with Gasteiger partial charge in [0.25, 0.3) is 0 Å². The highest BCUT2D eigenvalue weighted by Gasteiger charge is 2.25.